The quantitative estimate of drug-likeness (QED) is 0.839. The van der Waals surface area contributed by atoms with Gasteiger partial charge in [0, 0.05) is 22.8 Å². The molecule has 1 fully saturated rings. The van der Waals surface area contributed by atoms with E-state index in [9.17, 15) is 4.79 Å². The van der Waals surface area contributed by atoms with Gasteiger partial charge in [-0.3, -0.25) is 4.79 Å². The number of nitrogens with zero attached hydrogens (tertiary/aromatic N) is 1. The van der Waals surface area contributed by atoms with Gasteiger partial charge < -0.3 is 15.4 Å². The van der Waals surface area contributed by atoms with E-state index in [0.29, 0.717) is 17.2 Å². The molecule has 126 valence electrons. The van der Waals surface area contributed by atoms with E-state index < -0.39 is 0 Å². The summed E-state index contributed by atoms with van der Waals surface area (Å²) < 4.78 is 6.72. The molecule has 2 atom stereocenters. The molecule has 0 radical (unpaired) electrons. The second-order valence-corrected chi connectivity index (χ2v) is 6.80. The fourth-order valence-corrected chi connectivity index (χ4v) is 3.15. The minimum atomic E-state index is -0.159. The highest BCUT2D eigenvalue weighted by atomic mass is 79.9. The predicted molar refractivity (Wildman–Crippen MR) is 96.4 cm³/mol. The Hall–Kier alpha value is -1.92. The van der Waals surface area contributed by atoms with Crippen LogP contribution in [0.5, 0.6) is 11.6 Å². The minimum Gasteiger partial charge on any atom is -0.438 e. The van der Waals surface area contributed by atoms with Crippen LogP contribution < -0.4 is 15.4 Å². The lowest BCUT2D eigenvalue weighted by Crippen LogP contribution is -2.51. The van der Waals surface area contributed by atoms with Gasteiger partial charge in [-0.05, 0) is 56.6 Å². The standard InChI is InChI=1S/C18H20BrN3O2/c1-12-16(8-4-9-20-12)22-17(23)15-7-3-10-21-18(15)24-14-6-2-5-13(19)11-14/h2-3,5-7,10-12,16,20H,4,8-9H2,1H3,(H,22,23). The van der Waals surface area contributed by atoms with E-state index in [1.165, 1.54) is 0 Å². The van der Waals surface area contributed by atoms with E-state index in [0.717, 1.165) is 23.9 Å². The third kappa shape index (κ3) is 4.13. The van der Waals surface area contributed by atoms with Gasteiger partial charge in [0.1, 0.15) is 11.3 Å². The highest BCUT2D eigenvalue weighted by Gasteiger charge is 2.24. The SMILES string of the molecule is CC1NCCCC1NC(=O)c1cccnc1Oc1cccc(Br)c1. The molecule has 1 aliphatic heterocycles. The number of hydrogen-bond acceptors (Lipinski definition) is 4. The van der Waals surface area contributed by atoms with Crippen molar-refractivity contribution in [1.29, 1.82) is 0 Å². The molecule has 1 aromatic heterocycles. The minimum absolute atomic E-state index is 0.116. The average molecular weight is 390 g/mol. The number of benzene rings is 1. The van der Waals surface area contributed by atoms with Crippen molar-refractivity contribution in [2.45, 2.75) is 31.8 Å². The molecule has 1 aromatic carbocycles. The van der Waals surface area contributed by atoms with E-state index in [1.807, 2.05) is 24.3 Å². The van der Waals surface area contributed by atoms with Crippen molar-refractivity contribution >= 4 is 21.8 Å². The number of aromatic nitrogens is 1. The Balaban J connectivity index is 1.77. The van der Waals surface area contributed by atoms with Gasteiger partial charge in [0.05, 0.1) is 0 Å². The maximum atomic E-state index is 12.7. The van der Waals surface area contributed by atoms with Crippen LogP contribution >= 0.6 is 15.9 Å². The lowest BCUT2D eigenvalue weighted by atomic mass is 9.99. The summed E-state index contributed by atoms with van der Waals surface area (Å²) in [4.78, 5) is 16.9. The molecule has 24 heavy (non-hydrogen) atoms. The number of halogens is 1. The van der Waals surface area contributed by atoms with Crippen molar-refractivity contribution in [3.05, 3.63) is 52.6 Å². The number of hydrogen-bond donors (Lipinski definition) is 2. The van der Waals surface area contributed by atoms with Gasteiger partial charge in [-0.1, -0.05) is 22.0 Å². The molecule has 1 amide bonds. The molecule has 1 saturated heterocycles. The summed E-state index contributed by atoms with van der Waals surface area (Å²) in [7, 11) is 0. The first-order valence-electron chi connectivity index (χ1n) is 8.06. The van der Waals surface area contributed by atoms with Crippen molar-refractivity contribution in [2.75, 3.05) is 6.54 Å². The first-order chi connectivity index (χ1) is 11.6. The molecule has 2 N–H and O–H groups in total. The van der Waals surface area contributed by atoms with E-state index >= 15 is 0 Å². The topological polar surface area (TPSA) is 63.2 Å². The smallest absolute Gasteiger partial charge is 0.257 e. The summed E-state index contributed by atoms with van der Waals surface area (Å²) in [6.45, 7) is 3.09. The van der Waals surface area contributed by atoms with Crippen LogP contribution in [-0.2, 0) is 0 Å². The fraction of sp³-hybridized carbons (Fsp3) is 0.333. The molecule has 2 aromatic rings. The lowest BCUT2D eigenvalue weighted by molar-refractivity contribution is 0.0917. The highest BCUT2D eigenvalue weighted by Crippen LogP contribution is 2.25. The second-order valence-electron chi connectivity index (χ2n) is 5.88. The highest BCUT2D eigenvalue weighted by molar-refractivity contribution is 9.10. The molecule has 3 rings (SSSR count). The number of piperidine rings is 1. The van der Waals surface area contributed by atoms with Gasteiger partial charge in [0.2, 0.25) is 5.88 Å². The Morgan fingerprint density at radius 2 is 2.25 bits per heavy atom. The summed E-state index contributed by atoms with van der Waals surface area (Å²) >= 11 is 3.41. The normalized spacial score (nSPS) is 20.4. The Kier molecular flexibility index (Phi) is 5.48. The van der Waals surface area contributed by atoms with Crippen LogP contribution in [0, 0.1) is 0 Å². The Morgan fingerprint density at radius 3 is 3.04 bits per heavy atom. The molecule has 0 aliphatic carbocycles. The summed E-state index contributed by atoms with van der Waals surface area (Å²) in [6, 6.07) is 11.3. The third-order valence-corrected chi connectivity index (χ3v) is 4.60. The molecule has 2 heterocycles. The Bertz CT molecular complexity index is 723. The number of ether oxygens (including phenoxy) is 1. The lowest BCUT2D eigenvalue weighted by Gasteiger charge is -2.30. The maximum absolute atomic E-state index is 12.7. The number of carbonyl (C=O) groups is 1. The number of rotatable bonds is 4. The van der Waals surface area contributed by atoms with Gasteiger partial charge in [-0.15, -0.1) is 0 Å². The van der Waals surface area contributed by atoms with Crippen molar-refractivity contribution in [3.8, 4) is 11.6 Å². The third-order valence-electron chi connectivity index (χ3n) is 4.10. The van der Waals surface area contributed by atoms with Crippen molar-refractivity contribution in [3.63, 3.8) is 0 Å². The zero-order valence-corrected chi connectivity index (χ0v) is 15.0. The molecule has 6 heteroatoms. The van der Waals surface area contributed by atoms with Crippen LogP contribution in [0.4, 0.5) is 0 Å². The van der Waals surface area contributed by atoms with E-state index in [2.05, 4.69) is 38.5 Å². The van der Waals surface area contributed by atoms with E-state index in [1.54, 1.807) is 18.3 Å². The zero-order chi connectivity index (χ0) is 16.9. The van der Waals surface area contributed by atoms with Gasteiger partial charge in [-0.2, -0.15) is 0 Å². The average Bonchev–Trinajstić information content (AvgIpc) is 2.57. The van der Waals surface area contributed by atoms with Crippen LogP contribution in [0.15, 0.2) is 47.1 Å². The first-order valence-corrected chi connectivity index (χ1v) is 8.85. The first kappa shape index (κ1) is 16.9. The molecular weight excluding hydrogens is 370 g/mol. The van der Waals surface area contributed by atoms with Crippen LogP contribution in [0.2, 0.25) is 0 Å². The molecular formula is C18H20BrN3O2. The second kappa shape index (κ2) is 7.77. The molecule has 0 saturated carbocycles. The van der Waals surface area contributed by atoms with Crippen molar-refractivity contribution in [1.82, 2.24) is 15.6 Å². The summed E-state index contributed by atoms with van der Waals surface area (Å²) in [6.07, 6.45) is 3.65. The number of amides is 1. The van der Waals surface area contributed by atoms with Gasteiger partial charge >= 0.3 is 0 Å². The Labute approximate surface area is 149 Å². The largest absolute Gasteiger partial charge is 0.438 e. The van der Waals surface area contributed by atoms with Crippen LogP contribution in [0.1, 0.15) is 30.1 Å². The maximum Gasteiger partial charge on any atom is 0.257 e. The number of nitrogens with one attached hydrogen (secondary N) is 2. The summed E-state index contributed by atoms with van der Waals surface area (Å²) in [5.41, 5.74) is 0.440. The Morgan fingerprint density at radius 1 is 1.38 bits per heavy atom. The van der Waals surface area contributed by atoms with Crippen LogP contribution in [0.25, 0.3) is 0 Å². The van der Waals surface area contributed by atoms with Gasteiger partial charge in [0.25, 0.3) is 5.91 Å². The monoisotopic (exact) mass is 389 g/mol. The summed E-state index contributed by atoms with van der Waals surface area (Å²) in [5.74, 6) is 0.781. The molecule has 0 bridgehead atoms. The van der Waals surface area contributed by atoms with Crippen LogP contribution in [0.3, 0.4) is 0 Å². The van der Waals surface area contributed by atoms with Crippen molar-refractivity contribution in [2.24, 2.45) is 0 Å². The van der Waals surface area contributed by atoms with E-state index in [4.69, 9.17) is 4.74 Å². The molecule has 2 unspecified atom stereocenters. The van der Waals surface area contributed by atoms with E-state index in [-0.39, 0.29) is 18.0 Å². The number of carbonyl (C=O) groups excluding carboxylic acids is 1. The van der Waals surface area contributed by atoms with Gasteiger partial charge in [0.15, 0.2) is 0 Å². The fourth-order valence-electron chi connectivity index (χ4n) is 2.77. The van der Waals surface area contributed by atoms with Gasteiger partial charge in [-0.25, -0.2) is 4.98 Å². The number of pyridine rings is 1. The van der Waals surface area contributed by atoms with Crippen LogP contribution in [-0.4, -0.2) is 29.5 Å². The molecule has 1 aliphatic rings. The molecule has 0 spiro atoms. The predicted octanol–water partition coefficient (Wildman–Crippen LogP) is 3.51. The zero-order valence-electron chi connectivity index (χ0n) is 13.5. The van der Waals surface area contributed by atoms with Crippen molar-refractivity contribution < 1.29 is 9.53 Å². The molecule has 5 nitrogen and oxygen atoms in total. The summed E-state index contributed by atoms with van der Waals surface area (Å²) in [5, 5.41) is 6.47.